The summed E-state index contributed by atoms with van der Waals surface area (Å²) in [6.45, 7) is 11.7. The predicted octanol–water partition coefficient (Wildman–Crippen LogP) is 3.84. The maximum absolute atomic E-state index is 5.94. The lowest BCUT2D eigenvalue weighted by Crippen LogP contribution is -2.28. The fourth-order valence-electron chi connectivity index (χ4n) is 2.68. The Hall–Kier alpha value is -1.28. The molecule has 3 N–H and O–H groups in total. The highest BCUT2D eigenvalue weighted by atomic mass is 14.7. The van der Waals surface area contributed by atoms with E-state index in [1.54, 1.807) is 0 Å². The van der Waals surface area contributed by atoms with Crippen molar-refractivity contribution >= 4 is 10.9 Å². The van der Waals surface area contributed by atoms with Crippen LogP contribution in [0.25, 0.3) is 10.9 Å². The van der Waals surface area contributed by atoms with Crippen LogP contribution in [0.2, 0.25) is 0 Å². The van der Waals surface area contributed by atoms with Gasteiger partial charge in [-0.1, -0.05) is 33.8 Å². The van der Waals surface area contributed by atoms with E-state index in [1.165, 1.54) is 27.7 Å². The van der Waals surface area contributed by atoms with Crippen molar-refractivity contribution in [3.63, 3.8) is 0 Å². The van der Waals surface area contributed by atoms with Crippen molar-refractivity contribution in [2.45, 2.75) is 46.0 Å². The molecule has 0 radical (unpaired) electrons. The van der Waals surface area contributed by atoms with E-state index in [-0.39, 0.29) is 5.41 Å². The van der Waals surface area contributed by atoms with Crippen molar-refractivity contribution in [2.24, 2.45) is 5.73 Å². The molecular weight excluding hydrogens is 220 g/mol. The number of fused-ring (bicyclic) bond motifs is 1. The standard InChI is InChI=1S/C16H24N2/c1-10(2)12-6-7-14-13(8-12)15(11(3)18-14)16(4,5)9-17/h6-8,10,18H,9,17H2,1-5H3. The molecule has 1 aromatic carbocycles. The first-order chi connectivity index (χ1) is 8.36. The molecule has 2 rings (SSSR count). The second-order valence-corrected chi connectivity index (χ2v) is 6.17. The fraction of sp³-hybridized carbons (Fsp3) is 0.500. The Balaban J connectivity index is 2.72. The molecule has 0 saturated carbocycles. The summed E-state index contributed by atoms with van der Waals surface area (Å²) >= 11 is 0. The number of H-pyrrole nitrogens is 1. The summed E-state index contributed by atoms with van der Waals surface area (Å²) in [5.74, 6) is 0.554. The second-order valence-electron chi connectivity index (χ2n) is 6.17. The molecule has 0 aliphatic heterocycles. The fourth-order valence-corrected chi connectivity index (χ4v) is 2.68. The Bertz CT molecular complexity index is 562. The van der Waals surface area contributed by atoms with E-state index in [0.29, 0.717) is 12.5 Å². The molecule has 0 fully saturated rings. The van der Waals surface area contributed by atoms with E-state index >= 15 is 0 Å². The van der Waals surface area contributed by atoms with Crippen LogP contribution in [0.3, 0.4) is 0 Å². The number of aromatic nitrogens is 1. The predicted molar refractivity (Wildman–Crippen MR) is 79.2 cm³/mol. The average molecular weight is 244 g/mol. The summed E-state index contributed by atoms with van der Waals surface area (Å²) in [4.78, 5) is 3.48. The van der Waals surface area contributed by atoms with Crippen molar-refractivity contribution in [1.29, 1.82) is 0 Å². The maximum Gasteiger partial charge on any atom is 0.0459 e. The topological polar surface area (TPSA) is 41.8 Å². The van der Waals surface area contributed by atoms with Gasteiger partial charge in [0.2, 0.25) is 0 Å². The second kappa shape index (κ2) is 4.43. The van der Waals surface area contributed by atoms with Gasteiger partial charge in [-0.25, -0.2) is 0 Å². The average Bonchev–Trinajstić information content (AvgIpc) is 2.64. The third-order valence-electron chi connectivity index (χ3n) is 3.86. The summed E-state index contributed by atoms with van der Waals surface area (Å²) in [5, 5.41) is 1.33. The van der Waals surface area contributed by atoms with Gasteiger partial charge in [0.05, 0.1) is 0 Å². The summed E-state index contributed by atoms with van der Waals surface area (Å²) in [6, 6.07) is 6.71. The number of hydrogen-bond donors (Lipinski definition) is 2. The third-order valence-corrected chi connectivity index (χ3v) is 3.86. The van der Waals surface area contributed by atoms with Crippen molar-refractivity contribution in [3.05, 3.63) is 35.0 Å². The number of aromatic amines is 1. The number of aryl methyl sites for hydroxylation is 1. The Kier molecular flexibility index (Phi) is 3.24. The van der Waals surface area contributed by atoms with Gasteiger partial charge in [0.1, 0.15) is 0 Å². The molecule has 98 valence electrons. The molecule has 0 aliphatic carbocycles. The maximum atomic E-state index is 5.94. The zero-order valence-electron chi connectivity index (χ0n) is 12.1. The Labute approximate surface area is 110 Å². The summed E-state index contributed by atoms with van der Waals surface area (Å²) in [6.07, 6.45) is 0. The van der Waals surface area contributed by atoms with Gasteiger partial charge in [-0.15, -0.1) is 0 Å². The lowest BCUT2D eigenvalue weighted by Gasteiger charge is -2.23. The first-order valence-corrected chi connectivity index (χ1v) is 6.69. The van der Waals surface area contributed by atoms with Crippen LogP contribution < -0.4 is 5.73 Å². The number of rotatable bonds is 3. The van der Waals surface area contributed by atoms with Gasteiger partial charge in [0.25, 0.3) is 0 Å². The highest BCUT2D eigenvalue weighted by Crippen LogP contribution is 2.34. The van der Waals surface area contributed by atoms with Crippen LogP contribution in [0.4, 0.5) is 0 Å². The molecule has 1 heterocycles. The Morgan fingerprint density at radius 1 is 1.28 bits per heavy atom. The van der Waals surface area contributed by atoms with Crippen LogP contribution in [0.1, 0.15) is 50.4 Å². The van der Waals surface area contributed by atoms with E-state index in [0.717, 1.165) is 0 Å². The lowest BCUT2D eigenvalue weighted by atomic mass is 9.82. The van der Waals surface area contributed by atoms with Gasteiger partial charge < -0.3 is 10.7 Å². The van der Waals surface area contributed by atoms with Gasteiger partial charge in [0, 0.05) is 28.6 Å². The number of nitrogens with one attached hydrogen (secondary N) is 1. The number of benzene rings is 1. The van der Waals surface area contributed by atoms with Crippen molar-refractivity contribution in [1.82, 2.24) is 4.98 Å². The molecule has 2 aromatic rings. The highest BCUT2D eigenvalue weighted by molar-refractivity contribution is 5.86. The van der Waals surface area contributed by atoms with Crippen molar-refractivity contribution < 1.29 is 0 Å². The van der Waals surface area contributed by atoms with E-state index in [2.05, 4.69) is 57.8 Å². The van der Waals surface area contributed by atoms with Gasteiger partial charge >= 0.3 is 0 Å². The number of nitrogens with two attached hydrogens (primary N) is 1. The van der Waals surface area contributed by atoms with Crippen LogP contribution in [0.5, 0.6) is 0 Å². The zero-order valence-corrected chi connectivity index (χ0v) is 12.1. The van der Waals surface area contributed by atoms with Crippen molar-refractivity contribution in [2.75, 3.05) is 6.54 Å². The quantitative estimate of drug-likeness (QED) is 0.846. The largest absolute Gasteiger partial charge is 0.358 e. The number of hydrogen-bond acceptors (Lipinski definition) is 1. The molecule has 18 heavy (non-hydrogen) atoms. The third kappa shape index (κ3) is 2.05. The van der Waals surface area contributed by atoms with Crippen LogP contribution >= 0.6 is 0 Å². The van der Waals surface area contributed by atoms with E-state index in [9.17, 15) is 0 Å². The minimum atomic E-state index is 0.0118. The lowest BCUT2D eigenvalue weighted by molar-refractivity contribution is 0.540. The minimum Gasteiger partial charge on any atom is -0.358 e. The smallest absolute Gasteiger partial charge is 0.0459 e. The minimum absolute atomic E-state index is 0.0118. The summed E-state index contributed by atoms with van der Waals surface area (Å²) in [7, 11) is 0. The molecule has 2 nitrogen and oxygen atoms in total. The van der Waals surface area contributed by atoms with E-state index in [1.807, 2.05) is 0 Å². The van der Waals surface area contributed by atoms with E-state index in [4.69, 9.17) is 5.73 Å². The Morgan fingerprint density at radius 3 is 2.50 bits per heavy atom. The zero-order chi connectivity index (χ0) is 13.5. The first kappa shape index (κ1) is 13.2. The van der Waals surface area contributed by atoms with Gasteiger partial charge in [-0.05, 0) is 36.1 Å². The normalized spacial score (nSPS) is 12.6. The van der Waals surface area contributed by atoms with Gasteiger partial charge in [0.15, 0.2) is 0 Å². The van der Waals surface area contributed by atoms with Crippen molar-refractivity contribution in [3.8, 4) is 0 Å². The molecular formula is C16H24N2. The highest BCUT2D eigenvalue weighted by Gasteiger charge is 2.25. The van der Waals surface area contributed by atoms with Gasteiger partial charge in [-0.3, -0.25) is 0 Å². The molecule has 0 aliphatic rings. The summed E-state index contributed by atoms with van der Waals surface area (Å²) < 4.78 is 0. The molecule has 1 aromatic heterocycles. The monoisotopic (exact) mass is 244 g/mol. The Morgan fingerprint density at radius 2 is 1.94 bits per heavy atom. The molecule has 2 heteroatoms. The molecule has 0 amide bonds. The SMILES string of the molecule is Cc1[nH]c2ccc(C(C)C)cc2c1C(C)(C)CN. The molecule has 0 saturated heterocycles. The summed E-state index contributed by atoms with van der Waals surface area (Å²) in [5.41, 5.74) is 11.2. The van der Waals surface area contributed by atoms with Crippen LogP contribution in [0.15, 0.2) is 18.2 Å². The van der Waals surface area contributed by atoms with Crippen LogP contribution in [0, 0.1) is 6.92 Å². The van der Waals surface area contributed by atoms with Crippen LogP contribution in [-0.2, 0) is 5.41 Å². The molecule has 0 atom stereocenters. The molecule has 0 bridgehead atoms. The van der Waals surface area contributed by atoms with Crippen LogP contribution in [-0.4, -0.2) is 11.5 Å². The molecule has 0 spiro atoms. The van der Waals surface area contributed by atoms with Gasteiger partial charge in [-0.2, -0.15) is 0 Å². The first-order valence-electron chi connectivity index (χ1n) is 6.69. The molecule has 0 unspecified atom stereocenters. The van der Waals surface area contributed by atoms with E-state index < -0.39 is 0 Å².